The van der Waals surface area contributed by atoms with Gasteiger partial charge in [-0.3, -0.25) is 0 Å². The molecule has 1 nitrogen and oxygen atoms in total. The monoisotopic (exact) mass is 223 g/mol. The van der Waals surface area contributed by atoms with Crippen molar-refractivity contribution >= 4 is 16.8 Å². The van der Waals surface area contributed by atoms with Gasteiger partial charge in [-0.05, 0) is 35.7 Å². The average molecular weight is 223 g/mol. The molecule has 86 valence electrons. The predicted molar refractivity (Wildman–Crippen MR) is 74.0 cm³/mol. The van der Waals surface area contributed by atoms with Crippen molar-refractivity contribution in [1.82, 2.24) is 5.32 Å². The van der Waals surface area contributed by atoms with Crippen LogP contribution in [0.3, 0.4) is 0 Å². The quantitative estimate of drug-likeness (QED) is 0.820. The van der Waals surface area contributed by atoms with Crippen molar-refractivity contribution in [2.75, 3.05) is 6.54 Å². The Bertz CT molecular complexity index is 531. The molecule has 1 atom stereocenters. The fraction of sp³-hybridized carbons (Fsp3) is 0.250. The Morgan fingerprint density at radius 1 is 1.06 bits per heavy atom. The Morgan fingerprint density at radius 3 is 2.82 bits per heavy atom. The molecular weight excluding hydrogens is 206 g/mol. The molecule has 1 heteroatoms. The summed E-state index contributed by atoms with van der Waals surface area (Å²) < 4.78 is 0. The van der Waals surface area contributed by atoms with E-state index in [4.69, 9.17) is 0 Å². The molecular formula is C16H17N. The minimum absolute atomic E-state index is 0.564. The van der Waals surface area contributed by atoms with Crippen LogP contribution in [0.1, 0.15) is 18.4 Å². The topological polar surface area (TPSA) is 12.0 Å². The van der Waals surface area contributed by atoms with E-state index in [1.807, 2.05) is 0 Å². The van der Waals surface area contributed by atoms with E-state index in [0.717, 1.165) is 6.54 Å². The number of hydrogen-bond donors (Lipinski definition) is 1. The van der Waals surface area contributed by atoms with Crippen LogP contribution in [0, 0.1) is 0 Å². The van der Waals surface area contributed by atoms with Crippen LogP contribution in [0.5, 0.6) is 0 Å². The fourth-order valence-corrected chi connectivity index (χ4v) is 2.49. The zero-order chi connectivity index (χ0) is 11.5. The molecule has 1 saturated heterocycles. The van der Waals surface area contributed by atoms with Crippen molar-refractivity contribution in [3.05, 3.63) is 54.1 Å². The predicted octanol–water partition coefficient (Wildman–Crippen LogP) is 3.61. The largest absolute Gasteiger partial charge is 0.311 e. The van der Waals surface area contributed by atoms with Gasteiger partial charge in [0.1, 0.15) is 0 Å². The third kappa shape index (κ3) is 2.25. The number of hydrogen-bond acceptors (Lipinski definition) is 1. The van der Waals surface area contributed by atoms with Crippen LogP contribution in [0.15, 0.2) is 48.5 Å². The molecule has 1 aliphatic rings. The molecule has 3 rings (SSSR count). The Kier molecular flexibility index (Phi) is 2.93. The smallest absolute Gasteiger partial charge is 0.0253 e. The number of fused-ring (bicyclic) bond motifs is 1. The molecule has 17 heavy (non-hydrogen) atoms. The third-order valence-corrected chi connectivity index (χ3v) is 3.43. The van der Waals surface area contributed by atoms with Gasteiger partial charge in [0.05, 0.1) is 0 Å². The Labute approximate surface area is 102 Å². The van der Waals surface area contributed by atoms with Crippen LogP contribution < -0.4 is 5.32 Å². The van der Waals surface area contributed by atoms with Crippen LogP contribution in [-0.4, -0.2) is 12.6 Å². The molecule has 0 aliphatic carbocycles. The van der Waals surface area contributed by atoms with Crippen LogP contribution in [-0.2, 0) is 0 Å². The van der Waals surface area contributed by atoms with Crippen LogP contribution in [0.2, 0.25) is 0 Å². The molecule has 0 bridgehead atoms. The Balaban J connectivity index is 1.94. The molecule has 1 N–H and O–H groups in total. The number of benzene rings is 2. The van der Waals surface area contributed by atoms with Gasteiger partial charge in [0.25, 0.3) is 0 Å². The van der Waals surface area contributed by atoms with Gasteiger partial charge in [-0.2, -0.15) is 0 Å². The summed E-state index contributed by atoms with van der Waals surface area (Å²) in [6.45, 7) is 1.16. The van der Waals surface area contributed by atoms with E-state index in [2.05, 4.69) is 59.9 Å². The molecule has 1 aliphatic heterocycles. The molecule has 0 amide bonds. The summed E-state index contributed by atoms with van der Waals surface area (Å²) in [7, 11) is 0. The van der Waals surface area contributed by atoms with Gasteiger partial charge in [-0.25, -0.2) is 0 Å². The van der Waals surface area contributed by atoms with Gasteiger partial charge >= 0.3 is 0 Å². The SMILES string of the molecule is C(=C\C1CCCN1)/c1cccc2ccccc12. The summed E-state index contributed by atoms with van der Waals surface area (Å²) in [4.78, 5) is 0. The third-order valence-electron chi connectivity index (χ3n) is 3.43. The van der Waals surface area contributed by atoms with Crippen molar-refractivity contribution in [3.63, 3.8) is 0 Å². The highest BCUT2D eigenvalue weighted by molar-refractivity contribution is 5.90. The van der Waals surface area contributed by atoms with Crippen molar-refractivity contribution in [3.8, 4) is 0 Å². The summed E-state index contributed by atoms with van der Waals surface area (Å²) in [6, 6.07) is 15.6. The first-order valence-electron chi connectivity index (χ1n) is 6.33. The summed E-state index contributed by atoms with van der Waals surface area (Å²) in [5.41, 5.74) is 1.32. The maximum Gasteiger partial charge on any atom is 0.0253 e. The molecule has 0 radical (unpaired) electrons. The zero-order valence-corrected chi connectivity index (χ0v) is 9.89. The lowest BCUT2D eigenvalue weighted by Crippen LogP contribution is -2.17. The van der Waals surface area contributed by atoms with Crippen molar-refractivity contribution in [2.24, 2.45) is 0 Å². The van der Waals surface area contributed by atoms with Crippen LogP contribution >= 0.6 is 0 Å². The number of rotatable bonds is 2. The first-order chi connectivity index (χ1) is 8.43. The van der Waals surface area contributed by atoms with Crippen molar-refractivity contribution < 1.29 is 0 Å². The maximum atomic E-state index is 3.49. The zero-order valence-electron chi connectivity index (χ0n) is 9.89. The minimum atomic E-state index is 0.564. The fourth-order valence-electron chi connectivity index (χ4n) is 2.49. The molecule has 0 saturated carbocycles. The van der Waals surface area contributed by atoms with Gasteiger partial charge in [0, 0.05) is 6.04 Å². The normalized spacial score (nSPS) is 20.4. The van der Waals surface area contributed by atoms with E-state index >= 15 is 0 Å². The van der Waals surface area contributed by atoms with E-state index in [1.165, 1.54) is 29.2 Å². The molecule has 0 aromatic heterocycles. The second kappa shape index (κ2) is 4.72. The lowest BCUT2D eigenvalue weighted by Gasteiger charge is -2.04. The summed E-state index contributed by atoms with van der Waals surface area (Å²) in [5.74, 6) is 0. The van der Waals surface area contributed by atoms with Gasteiger partial charge in [0.15, 0.2) is 0 Å². The summed E-state index contributed by atoms with van der Waals surface area (Å²) in [5, 5.41) is 6.14. The number of nitrogens with one attached hydrogen (secondary N) is 1. The molecule has 2 aromatic rings. The van der Waals surface area contributed by atoms with Crippen LogP contribution in [0.4, 0.5) is 0 Å². The van der Waals surface area contributed by atoms with Gasteiger partial charge in [-0.1, -0.05) is 54.6 Å². The maximum absolute atomic E-state index is 3.49. The standard InChI is InChI=1S/C16H17N/c1-2-9-16-13(5-1)6-3-7-14(16)10-11-15-8-4-12-17-15/h1-3,5-7,9-11,15,17H,4,8,12H2/b11-10+. The first kappa shape index (κ1) is 10.5. The second-order valence-electron chi connectivity index (χ2n) is 4.63. The van der Waals surface area contributed by atoms with E-state index in [0.29, 0.717) is 6.04 Å². The molecule has 1 heterocycles. The van der Waals surface area contributed by atoms with E-state index in [9.17, 15) is 0 Å². The summed E-state index contributed by atoms with van der Waals surface area (Å²) >= 11 is 0. The molecule has 2 aromatic carbocycles. The van der Waals surface area contributed by atoms with Gasteiger partial charge in [-0.15, -0.1) is 0 Å². The second-order valence-corrected chi connectivity index (χ2v) is 4.63. The Morgan fingerprint density at radius 2 is 1.94 bits per heavy atom. The van der Waals surface area contributed by atoms with Crippen LogP contribution in [0.25, 0.3) is 16.8 Å². The van der Waals surface area contributed by atoms with Crippen molar-refractivity contribution in [2.45, 2.75) is 18.9 Å². The molecule has 1 unspecified atom stereocenters. The van der Waals surface area contributed by atoms with E-state index in [1.54, 1.807) is 0 Å². The molecule has 1 fully saturated rings. The summed E-state index contributed by atoms with van der Waals surface area (Å²) in [6.07, 6.45) is 7.12. The molecule has 0 spiro atoms. The van der Waals surface area contributed by atoms with E-state index < -0.39 is 0 Å². The lowest BCUT2D eigenvalue weighted by molar-refractivity contribution is 0.730. The first-order valence-corrected chi connectivity index (χ1v) is 6.33. The highest BCUT2D eigenvalue weighted by Crippen LogP contribution is 2.20. The van der Waals surface area contributed by atoms with Gasteiger partial charge in [0.2, 0.25) is 0 Å². The highest BCUT2D eigenvalue weighted by Gasteiger charge is 2.09. The van der Waals surface area contributed by atoms with Crippen molar-refractivity contribution in [1.29, 1.82) is 0 Å². The Hall–Kier alpha value is -1.60. The average Bonchev–Trinajstić information content (AvgIpc) is 2.89. The van der Waals surface area contributed by atoms with Gasteiger partial charge < -0.3 is 5.32 Å². The lowest BCUT2D eigenvalue weighted by atomic mass is 10.0. The highest BCUT2D eigenvalue weighted by atomic mass is 14.9. The van der Waals surface area contributed by atoms with E-state index in [-0.39, 0.29) is 0 Å². The minimum Gasteiger partial charge on any atom is -0.311 e.